The Morgan fingerprint density at radius 1 is 1.08 bits per heavy atom. The monoisotopic (exact) mass is 338 g/mol. The van der Waals surface area contributed by atoms with Gasteiger partial charge in [0, 0.05) is 40.7 Å². The Labute approximate surface area is 145 Å². The number of carbonyl (C=O) groups excluding carboxylic acids is 3. The molecule has 128 valence electrons. The van der Waals surface area contributed by atoms with Crippen molar-refractivity contribution in [2.45, 2.75) is 13.3 Å². The Morgan fingerprint density at radius 3 is 2.44 bits per heavy atom. The molecule has 2 heterocycles. The summed E-state index contributed by atoms with van der Waals surface area (Å²) in [5.41, 5.74) is 1.96. The lowest BCUT2D eigenvalue weighted by Gasteiger charge is -2.35. The lowest BCUT2D eigenvalue weighted by molar-refractivity contribution is -0.143. The minimum Gasteiger partial charge on any atom is -0.465 e. The van der Waals surface area contributed by atoms with Gasteiger partial charge >= 0.3 is 5.97 Å². The van der Waals surface area contributed by atoms with E-state index >= 15 is 0 Å². The summed E-state index contributed by atoms with van der Waals surface area (Å²) in [5, 5.41) is 1.59. The van der Waals surface area contributed by atoms with Crippen molar-refractivity contribution < 1.29 is 19.1 Å². The zero-order chi connectivity index (χ0) is 17.6. The van der Waals surface area contributed by atoms with E-state index in [1.165, 1.54) is 0 Å². The van der Waals surface area contributed by atoms with Crippen LogP contribution in [0.3, 0.4) is 0 Å². The van der Waals surface area contributed by atoms with E-state index in [0.717, 1.165) is 35.5 Å². The van der Waals surface area contributed by atoms with Crippen LogP contribution < -0.4 is 4.90 Å². The molecule has 2 aromatic rings. The lowest BCUT2D eigenvalue weighted by Crippen LogP contribution is -2.44. The van der Waals surface area contributed by atoms with Gasteiger partial charge in [0.05, 0.1) is 6.61 Å². The normalized spacial score (nSPS) is 16.2. The van der Waals surface area contributed by atoms with Crippen LogP contribution in [0.4, 0.5) is 5.69 Å². The Balaban J connectivity index is 1.82. The van der Waals surface area contributed by atoms with Crippen molar-refractivity contribution in [2.75, 3.05) is 31.1 Å². The zero-order valence-electron chi connectivity index (χ0n) is 13.9. The van der Waals surface area contributed by atoms with Crippen LogP contribution in [0.2, 0.25) is 0 Å². The predicted molar refractivity (Wildman–Crippen MR) is 92.8 cm³/mol. The first-order valence-corrected chi connectivity index (χ1v) is 8.44. The van der Waals surface area contributed by atoms with Gasteiger partial charge in [-0.3, -0.25) is 19.3 Å². The van der Waals surface area contributed by atoms with Crippen molar-refractivity contribution in [1.29, 1.82) is 0 Å². The summed E-state index contributed by atoms with van der Waals surface area (Å²) in [6.07, 6.45) is 1.15. The summed E-state index contributed by atoms with van der Waals surface area (Å²) in [7, 11) is 0. The van der Waals surface area contributed by atoms with Gasteiger partial charge in [-0.15, -0.1) is 0 Å². The molecule has 25 heavy (non-hydrogen) atoms. The third-order valence-electron chi connectivity index (χ3n) is 4.76. The summed E-state index contributed by atoms with van der Waals surface area (Å²) in [6.45, 7) is 3.49. The van der Waals surface area contributed by atoms with Crippen molar-refractivity contribution in [2.24, 2.45) is 0 Å². The number of imide groups is 1. The molecule has 1 fully saturated rings. The first-order chi connectivity index (χ1) is 12.1. The van der Waals surface area contributed by atoms with Crippen LogP contribution >= 0.6 is 0 Å². The largest absolute Gasteiger partial charge is 0.465 e. The molecular formula is C19H18N2O4. The Morgan fingerprint density at radius 2 is 1.80 bits per heavy atom. The van der Waals surface area contributed by atoms with Crippen LogP contribution in [0, 0.1) is 0 Å². The van der Waals surface area contributed by atoms with Crippen molar-refractivity contribution in [3.8, 4) is 0 Å². The molecule has 0 spiro atoms. The maximum absolute atomic E-state index is 12.8. The second-order valence-electron chi connectivity index (χ2n) is 6.20. The van der Waals surface area contributed by atoms with E-state index in [1.54, 1.807) is 19.1 Å². The first-order valence-electron chi connectivity index (χ1n) is 8.44. The van der Waals surface area contributed by atoms with E-state index in [1.807, 2.05) is 18.2 Å². The van der Waals surface area contributed by atoms with Gasteiger partial charge in [-0.25, -0.2) is 0 Å². The third kappa shape index (κ3) is 2.36. The SMILES string of the molecule is CCOC(=O)CN1C(=O)c2cccc3c(N4CCC4)ccc(c23)C1=O. The predicted octanol–water partition coefficient (Wildman–Crippen LogP) is 2.21. The topological polar surface area (TPSA) is 66.9 Å². The molecule has 0 aromatic heterocycles. The van der Waals surface area contributed by atoms with Gasteiger partial charge in [0.2, 0.25) is 0 Å². The fraction of sp³-hybridized carbons (Fsp3) is 0.316. The van der Waals surface area contributed by atoms with Crippen LogP contribution in [0.1, 0.15) is 34.1 Å². The molecule has 1 saturated heterocycles. The van der Waals surface area contributed by atoms with E-state index in [0.29, 0.717) is 16.5 Å². The van der Waals surface area contributed by atoms with Gasteiger partial charge in [0.25, 0.3) is 11.8 Å². The molecule has 4 rings (SSSR count). The number of esters is 1. The van der Waals surface area contributed by atoms with Gasteiger partial charge in [0.15, 0.2) is 0 Å². The maximum atomic E-state index is 12.8. The average Bonchev–Trinajstić information content (AvgIpc) is 2.56. The lowest BCUT2D eigenvalue weighted by atomic mass is 9.92. The quantitative estimate of drug-likeness (QED) is 0.632. The molecule has 0 atom stereocenters. The molecule has 0 radical (unpaired) electrons. The maximum Gasteiger partial charge on any atom is 0.326 e. The number of benzene rings is 2. The number of nitrogens with zero attached hydrogens (tertiary/aromatic N) is 2. The van der Waals surface area contributed by atoms with Crippen molar-refractivity contribution in [3.63, 3.8) is 0 Å². The smallest absolute Gasteiger partial charge is 0.326 e. The summed E-state index contributed by atoms with van der Waals surface area (Å²) in [4.78, 5) is 40.6. The highest BCUT2D eigenvalue weighted by atomic mass is 16.5. The number of amides is 2. The van der Waals surface area contributed by atoms with E-state index in [-0.39, 0.29) is 13.2 Å². The molecule has 2 amide bonds. The number of anilines is 1. The second-order valence-corrected chi connectivity index (χ2v) is 6.20. The molecule has 0 N–H and O–H groups in total. The second kappa shape index (κ2) is 5.88. The van der Waals surface area contributed by atoms with Gasteiger partial charge in [0.1, 0.15) is 6.54 Å². The van der Waals surface area contributed by atoms with E-state index in [4.69, 9.17) is 4.74 Å². The van der Waals surface area contributed by atoms with Gasteiger partial charge in [-0.1, -0.05) is 12.1 Å². The van der Waals surface area contributed by atoms with E-state index in [9.17, 15) is 14.4 Å². The number of hydrogen-bond donors (Lipinski definition) is 0. The molecule has 2 aliphatic rings. The van der Waals surface area contributed by atoms with E-state index in [2.05, 4.69) is 4.90 Å². The molecule has 2 aromatic carbocycles. The van der Waals surface area contributed by atoms with Gasteiger partial charge < -0.3 is 9.64 Å². The van der Waals surface area contributed by atoms with Crippen LogP contribution in [0.5, 0.6) is 0 Å². The molecule has 0 unspecified atom stereocenters. The standard InChI is InChI=1S/C19H18N2O4/c1-2-25-16(22)11-21-18(23)13-6-3-5-12-15(20-9-4-10-20)8-7-14(17(12)13)19(21)24/h3,5-8H,2,4,9-11H2,1H3. The molecule has 0 aliphatic carbocycles. The molecular weight excluding hydrogens is 320 g/mol. The zero-order valence-corrected chi connectivity index (χ0v) is 13.9. The summed E-state index contributed by atoms with van der Waals surface area (Å²) in [5.74, 6) is -1.48. The summed E-state index contributed by atoms with van der Waals surface area (Å²) < 4.78 is 4.88. The van der Waals surface area contributed by atoms with Crippen molar-refractivity contribution in [1.82, 2.24) is 4.90 Å². The van der Waals surface area contributed by atoms with Crippen LogP contribution in [-0.4, -0.2) is 48.9 Å². The van der Waals surface area contributed by atoms with Gasteiger partial charge in [-0.05, 0) is 31.5 Å². The molecule has 6 heteroatoms. The Kier molecular flexibility index (Phi) is 3.67. The number of ether oxygens (including phenoxy) is 1. The minimum absolute atomic E-state index is 0.209. The van der Waals surface area contributed by atoms with Crippen LogP contribution in [0.15, 0.2) is 30.3 Å². The highest BCUT2D eigenvalue weighted by molar-refractivity contribution is 6.27. The summed E-state index contributed by atoms with van der Waals surface area (Å²) in [6, 6.07) is 9.15. The van der Waals surface area contributed by atoms with Crippen molar-refractivity contribution in [3.05, 3.63) is 41.5 Å². The highest BCUT2D eigenvalue weighted by Crippen LogP contribution is 2.37. The molecule has 0 bridgehead atoms. The fourth-order valence-corrected chi connectivity index (χ4v) is 3.44. The average molecular weight is 338 g/mol. The number of hydrogen-bond acceptors (Lipinski definition) is 5. The van der Waals surface area contributed by atoms with Crippen LogP contribution in [-0.2, 0) is 9.53 Å². The molecule has 0 saturated carbocycles. The molecule has 2 aliphatic heterocycles. The fourth-order valence-electron chi connectivity index (χ4n) is 3.44. The Hall–Kier alpha value is -2.89. The first kappa shape index (κ1) is 15.6. The van der Waals surface area contributed by atoms with Crippen LogP contribution in [0.25, 0.3) is 10.8 Å². The highest BCUT2D eigenvalue weighted by Gasteiger charge is 2.35. The third-order valence-corrected chi connectivity index (χ3v) is 4.76. The Bertz CT molecular complexity index is 879. The number of carbonyl (C=O) groups is 3. The number of rotatable bonds is 4. The molecule has 6 nitrogen and oxygen atoms in total. The summed E-state index contributed by atoms with van der Waals surface area (Å²) >= 11 is 0. The van der Waals surface area contributed by atoms with E-state index < -0.39 is 17.8 Å². The minimum atomic E-state index is -0.586. The van der Waals surface area contributed by atoms with Crippen molar-refractivity contribution >= 4 is 34.2 Å². The van der Waals surface area contributed by atoms with Gasteiger partial charge in [-0.2, -0.15) is 0 Å².